The maximum absolute atomic E-state index is 13.7. The van der Waals surface area contributed by atoms with Crippen molar-refractivity contribution in [2.75, 3.05) is 14.1 Å². The summed E-state index contributed by atoms with van der Waals surface area (Å²) in [6.07, 6.45) is -1.59. The molecule has 6 atom stereocenters. The minimum atomic E-state index is -2.89. The molecule has 10 heteroatoms. The van der Waals surface area contributed by atoms with Crippen LogP contribution in [-0.2, 0) is 14.4 Å². The zero-order chi connectivity index (χ0) is 23.9. The number of aromatic hydroxyl groups is 1. The van der Waals surface area contributed by atoms with Crippen LogP contribution in [0.3, 0.4) is 0 Å². The molecule has 1 saturated carbocycles. The van der Waals surface area contributed by atoms with Crippen LogP contribution in [0.4, 0.5) is 0 Å². The molecule has 0 bridgehead atoms. The summed E-state index contributed by atoms with van der Waals surface area (Å²) in [6, 6.07) is 3.13. The number of phenols is 1. The van der Waals surface area contributed by atoms with Crippen molar-refractivity contribution >= 4 is 23.2 Å². The number of likely N-dealkylation sites (N-methyl/N-ethyl adjacent to an activating group) is 1. The van der Waals surface area contributed by atoms with Crippen molar-refractivity contribution in [3.8, 4) is 5.75 Å². The normalized spacial score (nSPS) is 34.4. The first-order valence-electron chi connectivity index (χ1n) is 10.0. The van der Waals surface area contributed by atoms with Crippen LogP contribution in [-0.4, -0.2) is 79.7 Å². The maximum Gasteiger partial charge on any atom is 0.255 e. The number of ketones is 2. The lowest BCUT2D eigenvalue weighted by atomic mass is 9.54. The van der Waals surface area contributed by atoms with Gasteiger partial charge in [0.15, 0.2) is 11.4 Å². The van der Waals surface area contributed by atoms with E-state index in [1.165, 1.54) is 25.1 Å². The van der Waals surface area contributed by atoms with Crippen molar-refractivity contribution in [2.45, 2.75) is 30.6 Å². The van der Waals surface area contributed by atoms with E-state index < -0.39 is 75.6 Å². The van der Waals surface area contributed by atoms with E-state index in [0.29, 0.717) is 5.56 Å². The molecule has 1 aromatic rings. The predicted octanol–water partition coefficient (Wildman–Crippen LogP) is -0.504. The number of aliphatic hydroxyl groups excluding tert-OH is 3. The molecule has 7 N–H and O–H groups in total. The van der Waals surface area contributed by atoms with Crippen LogP contribution in [0.25, 0.3) is 5.76 Å². The van der Waals surface area contributed by atoms with E-state index >= 15 is 0 Å². The fourth-order valence-electron chi connectivity index (χ4n) is 5.58. The molecular weight excluding hydrogens is 420 g/mol. The second-order valence-electron chi connectivity index (χ2n) is 8.79. The monoisotopic (exact) mass is 444 g/mol. The number of nitrogens with zero attached hydrogens (tertiary/aromatic N) is 1. The molecule has 1 aromatic carbocycles. The van der Waals surface area contributed by atoms with E-state index in [1.54, 1.807) is 19.1 Å². The average molecular weight is 444 g/mol. The second-order valence-corrected chi connectivity index (χ2v) is 8.79. The maximum atomic E-state index is 13.7. The Morgan fingerprint density at radius 2 is 1.78 bits per heavy atom. The van der Waals surface area contributed by atoms with Gasteiger partial charge in [-0.3, -0.25) is 19.3 Å². The van der Waals surface area contributed by atoms with Crippen molar-refractivity contribution in [3.63, 3.8) is 0 Å². The lowest BCUT2D eigenvalue weighted by Crippen LogP contribution is -2.70. The Morgan fingerprint density at radius 3 is 2.34 bits per heavy atom. The van der Waals surface area contributed by atoms with Crippen LogP contribution >= 0.6 is 0 Å². The quantitative estimate of drug-likeness (QED) is 0.327. The van der Waals surface area contributed by atoms with Gasteiger partial charge in [-0.2, -0.15) is 0 Å². The van der Waals surface area contributed by atoms with Crippen LogP contribution < -0.4 is 5.73 Å². The Kier molecular flexibility index (Phi) is 4.74. The summed E-state index contributed by atoms with van der Waals surface area (Å²) in [5.74, 6) is -8.87. The minimum Gasteiger partial charge on any atom is -0.508 e. The molecular formula is C22H24N2O8. The van der Waals surface area contributed by atoms with Gasteiger partial charge in [0.25, 0.3) is 5.91 Å². The number of fused-ring (bicyclic) bond motifs is 3. The number of hydrogen-bond donors (Lipinski definition) is 6. The smallest absolute Gasteiger partial charge is 0.255 e. The molecule has 1 amide bonds. The van der Waals surface area contributed by atoms with E-state index in [2.05, 4.69) is 0 Å². The first-order chi connectivity index (χ1) is 14.9. The fourth-order valence-corrected chi connectivity index (χ4v) is 5.58. The lowest BCUT2D eigenvalue weighted by molar-refractivity contribution is -0.169. The van der Waals surface area contributed by atoms with Gasteiger partial charge in [0, 0.05) is 11.5 Å². The Morgan fingerprint density at radius 1 is 1.16 bits per heavy atom. The highest BCUT2D eigenvalue weighted by atomic mass is 16.4. The summed E-state index contributed by atoms with van der Waals surface area (Å²) in [5, 5.41) is 54.9. The molecule has 0 radical (unpaired) electrons. The molecule has 0 unspecified atom stereocenters. The van der Waals surface area contributed by atoms with Crippen LogP contribution in [0.5, 0.6) is 5.75 Å². The number of Topliss-reactive ketones (excluding diaryl/α,β-unsaturated/α-hetero) is 2. The molecule has 0 saturated heterocycles. The SMILES string of the molecule is C[C@@H]1c2cccc(O)c2C(O)=C2C(=O)[C@]3(O)C(O)=C(C(N)=O)C(=O)[C@H](N(C)C)[C@H]3[C@H](O)[C@H]21. The first-order valence-corrected chi connectivity index (χ1v) is 10.0. The number of benzene rings is 1. The van der Waals surface area contributed by atoms with Gasteiger partial charge >= 0.3 is 0 Å². The summed E-state index contributed by atoms with van der Waals surface area (Å²) in [6.45, 7) is 1.68. The molecule has 0 heterocycles. The lowest BCUT2D eigenvalue weighted by Gasteiger charge is -2.53. The van der Waals surface area contributed by atoms with Gasteiger partial charge < -0.3 is 31.3 Å². The van der Waals surface area contributed by atoms with Gasteiger partial charge in [-0.25, -0.2) is 0 Å². The van der Waals surface area contributed by atoms with Gasteiger partial charge in [-0.05, 0) is 31.6 Å². The van der Waals surface area contributed by atoms with Gasteiger partial charge in [-0.1, -0.05) is 19.1 Å². The summed E-state index contributed by atoms with van der Waals surface area (Å²) in [5.41, 5.74) is 1.47. The Bertz CT molecular complexity index is 1140. The Balaban J connectivity index is 2.07. The van der Waals surface area contributed by atoms with E-state index in [4.69, 9.17) is 5.73 Å². The third-order valence-electron chi connectivity index (χ3n) is 6.99. The fraction of sp³-hybridized carbons (Fsp3) is 0.409. The first kappa shape index (κ1) is 22.0. The highest BCUT2D eigenvalue weighted by molar-refractivity contribution is 6.24. The highest BCUT2D eigenvalue weighted by Crippen LogP contribution is 2.55. The molecule has 0 aromatic heterocycles. The average Bonchev–Trinajstić information content (AvgIpc) is 2.70. The third kappa shape index (κ3) is 2.48. The zero-order valence-electron chi connectivity index (χ0n) is 17.6. The molecule has 4 rings (SSSR count). The van der Waals surface area contributed by atoms with Crippen LogP contribution in [0.2, 0.25) is 0 Å². The number of phenolic OH excluding ortho intramolecular Hbond substituents is 1. The summed E-state index contributed by atoms with van der Waals surface area (Å²) >= 11 is 0. The van der Waals surface area contributed by atoms with Gasteiger partial charge in [0.1, 0.15) is 22.8 Å². The van der Waals surface area contributed by atoms with Gasteiger partial charge in [-0.15, -0.1) is 0 Å². The molecule has 3 aliphatic carbocycles. The number of amides is 1. The molecule has 3 aliphatic rings. The van der Waals surface area contributed by atoms with Crippen molar-refractivity contribution in [1.82, 2.24) is 4.90 Å². The second kappa shape index (κ2) is 6.89. The predicted molar refractivity (Wildman–Crippen MR) is 110 cm³/mol. The van der Waals surface area contributed by atoms with E-state index in [0.717, 1.165) is 0 Å². The number of aliphatic hydroxyl groups is 4. The number of primary amides is 1. The summed E-state index contributed by atoms with van der Waals surface area (Å²) in [4.78, 5) is 40.0. The van der Waals surface area contributed by atoms with E-state index in [-0.39, 0.29) is 11.3 Å². The minimum absolute atomic E-state index is 0.0245. The Labute approximate surface area is 182 Å². The molecule has 32 heavy (non-hydrogen) atoms. The van der Waals surface area contributed by atoms with Crippen molar-refractivity contribution in [2.24, 2.45) is 17.6 Å². The molecule has 170 valence electrons. The largest absolute Gasteiger partial charge is 0.508 e. The van der Waals surface area contributed by atoms with Crippen LogP contribution in [0, 0.1) is 11.8 Å². The number of carbonyl (C=O) groups excluding carboxylic acids is 3. The zero-order valence-corrected chi connectivity index (χ0v) is 17.6. The summed E-state index contributed by atoms with van der Waals surface area (Å²) in [7, 11) is 2.92. The van der Waals surface area contributed by atoms with Crippen molar-refractivity contribution < 1.29 is 39.9 Å². The van der Waals surface area contributed by atoms with Crippen molar-refractivity contribution in [3.05, 3.63) is 46.2 Å². The number of hydrogen-bond acceptors (Lipinski definition) is 9. The molecule has 10 nitrogen and oxygen atoms in total. The van der Waals surface area contributed by atoms with Gasteiger partial charge in [0.05, 0.1) is 23.6 Å². The van der Waals surface area contributed by atoms with E-state index in [9.17, 15) is 39.9 Å². The third-order valence-corrected chi connectivity index (χ3v) is 6.99. The number of rotatable bonds is 2. The Hall–Kier alpha value is -3.21. The summed E-state index contributed by atoms with van der Waals surface area (Å²) < 4.78 is 0. The standard InChI is InChI=1S/C22H24N2O8/c1-7-8-5-4-6-9(25)11(8)16(26)12-10(7)17(27)14-15(24(2)3)18(28)13(21(23)31)20(30)22(14,32)19(12)29/h4-7,10,14-15,17,25-27,30,32H,1-3H3,(H2,23,31)/t7-,10+,14+,15-,17-,22+/m1/s1. The molecule has 0 aliphatic heterocycles. The van der Waals surface area contributed by atoms with Crippen LogP contribution in [0.15, 0.2) is 35.1 Å². The number of carbonyl (C=O) groups is 3. The van der Waals surface area contributed by atoms with Crippen LogP contribution in [0.1, 0.15) is 24.0 Å². The highest BCUT2D eigenvalue weighted by Gasteiger charge is 2.68. The van der Waals surface area contributed by atoms with Crippen molar-refractivity contribution in [1.29, 1.82) is 0 Å². The molecule has 1 fully saturated rings. The number of nitrogens with two attached hydrogens (primary N) is 1. The van der Waals surface area contributed by atoms with E-state index in [1.807, 2.05) is 0 Å². The van der Waals surface area contributed by atoms with Gasteiger partial charge in [0.2, 0.25) is 5.78 Å². The topological polar surface area (TPSA) is 182 Å². The molecule has 0 spiro atoms.